The van der Waals surface area contributed by atoms with Gasteiger partial charge in [0.1, 0.15) is 11.5 Å². The Balaban J connectivity index is 1.96. The molecular formula is C21H18O2. The Morgan fingerprint density at radius 1 is 0.826 bits per heavy atom. The van der Waals surface area contributed by atoms with Gasteiger partial charge in [-0.1, -0.05) is 54.6 Å². The van der Waals surface area contributed by atoms with Crippen LogP contribution in [0, 0.1) is 0 Å². The first-order chi connectivity index (χ1) is 11.2. The number of methoxy groups -OCH3 is 1. The van der Waals surface area contributed by atoms with Gasteiger partial charge in [-0.3, -0.25) is 0 Å². The maximum atomic E-state index is 6.48. The minimum absolute atomic E-state index is 0.542. The highest BCUT2D eigenvalue weighted by Gasteiger charge is 2.38. The van der Waals surface area contributed by atoms with E-state index in [0.717, 1.165) is 22.6 Å². The van der Waals surface area contributed by atoms with Crippen molar-refractivity contribution in [1.82, 2.24) is 0 Å². The second-order valence-corrected chi connectivity index (χ2v) is 5.91. The zero-order valence-corrected chi connectivity index (χ0v) is 13.2. The van der Waals surface area contributed by atoms with Crippen LogP contribution in [0.2, 0.25) is 0 Å². The third kappa shape index (κ3) is 2.10. The molecule has 0 aliphatic carbocycles. The molecule has 0 N–H and O–H groups in total. The molecule has 4 rings (SSSR count). The molecule has 2 nitrogen and oxygen atoms in total. The van der Waals surface area contributed by atoms with E-state index in [4.69, 9.17) is 9.47 Å². The van der Waals surface area contributed by atoms with Crippen LogP contribution in [0.3, 0.4) is 0 Å². The number of rotatable bonds is 2. The standard InChI is InChI=1S/C21H18O2/c1-21(15-8-7-9-16(14-15)22-2)19-12-5-3-10-17(19)18-11-4-6-13-20(18)23-21/h3-14H,1-2H3. The van der Waals surface area contributed by atoms with Crippen molar-refractivity contribution in [2.24, 2.45) is 0 Å². The molecule has 0 spiro atoms. The number of fused-ring (bicyclic) bond motifs is 3. The summed E-state index contributed by atoms with van der Waals surface area (Å²) in [4.78, 5) is 0. The van der Waals surface area contributed by atoms with E-state index in [-0.39, 0.29) is 0 Å². The largest absolute Gasteiger partial charge is 0.497 e. The predicted molar refractivity (Wildman–Crippen MR) is 92.0 cm³/mol. The molecule has 2 heteroatoms. The van der Waals surface area contributed by atoms with Gasteiger partial charge < -0.3 is 9.47 Å². The molecule has 1 heterocycles. The fraction of sp³-hybridized carbons (Fsp3) is 0.143. The van der Waals surface area contributed by atoms with Crippen molar-refractivity contribution >= 4 is 0 Å². The van der Waals surface area contributed by atoms with Gasteiger partial charge in [-0.2, -0.15) is 0 Å². The molecule has 1 aliphatic rings. The Kier molecular flexibility index (Phi) is 3.12. The summed E-state index contributed by atoms with van der Waals surface area (Å²) in [6, 6.07) is 24.7. The lowest BCUT2D eigenvalue weighted by Crippen LogP contribution is -2.34. The molecule has 0 bridgehead atoms. The number of ether oxygens (including phenoxy) is 2. The smallest absolute Gasteiger partial charge is 0.157 e. The normalized spacial score (nSPS) is 18.5. The predicted octanol–water partition coefficient (Wildman–Crippen LogP) is 5.02. The lowest BCUT2D eigenvalue weighted by Gasteiger charge is -2.38. The van der Waals surface area contributed by atoms with Gasteiger partial charge in [0.25, 0.3) is 0 Å². The van der Waals surface area contributed by atoms with E-state index in [1.165, 1.54) is 11.1 Å². The van der Waals surface area contributed by atoms with Crippen LogP contribution in [-0.2, 0) is 5.60 Å². The zero-order chi connectivity index (χ0) is 15.9. The lowest BCUT2D eigenvalue weighted by molar-refractivity contribution is 0.129. The van der Waals surface area contributed by atoms with E-state index in [9.17, 15) is 0 Å². The van der Waals surface area contributed by atoms with Gasteiger partial charge in [-0.15, -0.1) is 0 Å². The Labute approximate surface area is 136 Å². The molecule has 0 radical (unpaired) electrons. The molecule has 0 aromatic heterocycles. The summed E-state index contributed by atoms with van der Waals surface area (Å²) in [5.41, 5.74) is 4.08. The number of hydrogen-bond donors (Lipinski definition) is 0. The minimum atomic E-state index is -0.542. The molecule has 0 fully saturated rings. The highest BCUT2D eigenvalue weighted by atomic mass is 16.5. The molecular weight excluding hydrogens is 284 g/mol. The van der Waals surface area contributed by atoms with Gasteiger partial charge in [0.05, 0.1) is 7.11 Å². The van der Waals surface area contributed by atoms with Crippen LogP contribution in [0.4, 0.5) is 0 Å². The van der Waals surface area contributed by atoms with E-state index in [2.05, 4.69) is 43.3 Å². The quantitative estimate of drug-likeness (QED) is 0.662. The molecule has 3 aromatic carbocycles. The van der Waals surface area contributed by atoms with Crippen LogP contribution in [0.5, 0.6) is 11.5 Å². The highest BCUT2D eigenvalue weighted by molar-refractivity contribution is 5.77. The summed E-state index contributed by atoms with van der Waals surface area (Å²) in [5, 5.41) is 0. The van der Waals surface area contributed by atoms with Crippen LogP contribution in [0.1, 0.15) is 18.1 Å². The third-order valence-electron chi connectivity index (χ3n) is 4.55. The number of benzene rings is 3. The van der Waals surface area contributed by atoms with Gasteiger partial charge in [0, 0.05) is 16.7 Å². The van der Waals surface area contributed by atoms with Gasteiger partial charge in [0.15, 0.2) is 5.60 Å². The Bertz CT molecular complexity index is 869. The molecule has 0 saturated heterocycles. The fourth-order valence-electron chi connectivity index (χ4n) is 3.32. The summed E-state index contributed by atoms with van der Waals surface area (Å²) in [5.74, 6) is 1.75. The van der Waals surface area contributed by atoms with Crippen LogP contribution < -0.4 is 9.47 Å². The van der Waals surface area contributed by atoms with Crippen molar-refractivity contribution in [2.75, 3.05) is 7.11 Å². The minimum Gasteiger partial charge on any atom is -0.497 e. The summed E-state index contributed by atoms with van der Waals surface area (Å²) in [6.07, 6.45) is 0. The molecule has 1 unspecified atom stereocenters. The fourth-order valence-corrected chi connectivity index (χ4v) is 3.32. The molecule has 0 amide bonds. The van der Waals surface area contributed by atoms with Gasteiger partial charge in [-0.05, 0) is 30.7 Å². The summed E-state index contributed by atoms with van der Waals surface area (Å²) in [7, 11) is 1.69. The van der Waals surface area contributed by atoms with Crippen molar-refractivity contribution in [3.05, 3.63) is 83.9 Å². The molecule has 114 valence electrons. The number of para-hydroxylation sites is 1. The van der Waals surface area contributed by atoms with Gasteiger partial charge >= 0.3 is 0 Å². The topological polar surface area (TPSA) is 18.5 Å². The maximum absolute atomic E-state index is 6.48. The van der Waals surface area contributed by atoms with Crippen LogP contribution in [-0.4, -0.2) is 7.11 Å². The van der Waals surface area contributed by atoms with E-state index >= 15 is 0 Å². The Morgan fingerprint density at radius 3 is 2.39 bits per heavy atom. The molecule has 0 saturated carbocycles. The highest BCUT2D eigenvalue weighted by Crippen LogP contribution is 2.48. The van der Waals surface area contributed by atoms with Crippen molar-refractivity contribution in [2.45, 2.75) is 12.5 Å². The van der Waals surface area contributed by atoms with E-state index in [1.54, 1.807) is 7.11 Å². The summed E-state index contributed by atoms with van der Waals surface area (Å²) >= 11 is 0. The molecule has 3 aromatic rings. The average molecular weight is 302 g/mol. The second kappa shape index (κ2) is 5.17. The van der Waals surface area contributed by atoms with Crippen LogP contribution in [0.25, 0.3) is 11.1 Å². The summed E-state index contributed by atoms with van der Waals surface area (Å²) < 4.78 is 11.9. The molecule has 23 heavy (non-hydrogen) atoms. The van der Waals surface area contributed by atoms with Crippen LogP contribution in [0.15, 0.2) is 72.8 Å². The van der Waals surface area contributed by atoms with Crippen molar-refractivity contribution in [1.29, 1.82) is 0 Å². The summed E-state index contributed by atoms with van der Waals surface area (Å²) in [6.45, 7) is 2.12. The monoisotopic (exact) mass is 302 g/mol. The van der Waals surface area contributed by atoms with E-state index in [1.807, 2.05) is 36.4 Å². The van der Waals surface area contributed by atoms with E-state index < -0.39 is 5.60 Å². The first-order valence-electron chi connectivity index (χ1n) is 7.75. The second-order valence-electron chi connectivity index (χ2n) is 5.91. The van der Waals surface area contributed by atoms with Gasteiger partial charge in [0.2, 0.25) is 0 Å². The van der Waals surface area contributed by atoms with Crippen molar-refractivity contribution in [3.63, 3.8) is 0 Å². The van der Waals surface area contributed by atoms with E-state index in [0.29, 0.717) is 0 Å². The average Bonchev–Trinajstić information content (AvgIpc) is 2.62. The Hall–Kier alpha value is -2.74. The SMILES string of the molecule is COc1cccc(C2(C)Oc3ccccc3-c3ccccc32)c1. The van der Waals surface area contributed by atoms with Crippen molar-refractivity contribution < 1.29 is 9.47 Å². The van der Waals surface area contributed by atoms with Gasteiger partial charge in [-0.25, -0.2) is 0 Å². The first-order valence-corrected chi connectivity index (χ1v) is 7.75. The third-order valence-corrected chi connectivity index (χ3v) is 4.55. The Morgan fingerprint density at radius 2 is 1.57 bits per heavy atom. The molecule has 1 atom stereocenters. The van der Waals surface area contributed by atoms with Crippen LogP contribution >= 0.6 is 0 Å². The lowest BCUT2D eigenvalue weighted by atomic mass is 9.80. The van der Waals surface area contributed by atoms with Crippen molar-refractivity contribution in [3.8, 4) is 22.6 Å². The first kappa shape index (κ1) is 13.9. The zero-order valence-electron chi connectivity index (χ0n) is 13.2. The maximum Gasteiger partial charge on any atom is 0.157 e. The number of hydrogen-bond acceptors (Lipinski definition) is 2. The molecule has 1 aliphatic heterocycles.